The number of benzene rings is 1. The van der Waals surface area contributed by atoms with Gasteiger partial charge in [-0.2, -0.15) is 14.7 Å². The Morgan fingerprint density at radius 1 is 1.15 bits per heavy atom. The third kappa shape index (κ3) is 4.54. The third-order valence-electron chi connectivity index (χ3n) is 8.04. The van der Waals surface area contributed by atoms with Crippen LogP contribution in [0.4, 0.5) is 5.82 Å². The van der Waals surface area contributed by atoms with Gasteiger partial charge in [0.25, 0.3) is 0 Å². The fraction of sp³-hybridized carbons (Fsp3) is 0.414. The fourth-order valence-electron chi connectivity index (χ4n) is 5.85. The molecule has 2 N–H and O–H groups in total. The van der Waals surface area contributed by atoms with Crippen LogP contribution in [0.25, 0.3) is 28.0 Å². The molecule has 1 fully saturated rings. The summed E-state index contributed by atoms with van der Waals surface area (Å²) >= 11 is 0. The maximum atomic E-state index is 13.2. The highest BCUT2D eigenvalue weighted by atomic mass is 16.5. The first kappa shape index (κ1) is 26.1. The van der Waals surface area contributed by atoms with Crippen molar-refractivity contribution < 1.29 is 24.2 Å². The van der Waals surface area contributed by atoms with Crippen molar-refractivity contribution >= 4 is 23.2 Å². The molecule has 0 spiro atoms. The van der Waals surface area contributed by atoms with Crippen molar-refractivity contribution in [3.05, 3.63) is 54.0 Å². The summed E-state index contributed by atoms with van der Waals surface area (Å²) in [4.78, 5) is 30.5. The Kier molecular flexibility index (Phi) is 6.85. The molecule has 0 saturated heterocycles. The highest BCUT2D eigenvalue weighted by Crippen LogP contribution is 2.43. The van der Waals surface area contributed by atoms with Gasteiger partial charge in [-0.05, 0) is 37.3 Å². The summed E-state index contributed by atoms with van der Waals surface area (Å²) in [7, 11) is 3.45. The molecule has 11 nitrogen and oxygen atoms in total. The molecule has 0 amide bonds. The lowest BCUT2D eigenvalue weighted by atomic mass is 9.76. The second-order valence-electron chi connectivity index (χ2n) is 10.5. The number of carbonyl (C=O) groups is 2. The number of hydrogen-bond acceptors (Lipinski definition) is 8. The molecule has 4 aromatic rings. The molecule has 1 aromatic carbocycles. The Morgan fingerprint density at radius 2 is 1.90 bits per heavy atom. The van der Waals surface area contributed by atoms with Gasteiger partial charge in [0.2, 0.25) is 0 Å². The Balaban J connectivity index is 1.36. The maximum absolute atomic E-state index is 13.2. The molecule has 3 aromatic heterocycles. The molecule has 0 unspecified atom stereocenters. The predicted octanol–water partition coefficient (Wildman–Crippen LogP) is 3.94. The number of carboxylic acid groups (broad SMARTS) is 1. The largest absolute Gasteiger partial charge is 0.479 e. The number of ether oxygens (including phenoxy) is 2. The SMILES string of the molecule is COCCO[C@]1(C(=O)O)CC[C@@H](c2nc3c(-c4ccc(-c5ccn(C)n5)cc4)cnn3c3c2C(=O)CCN3)CC1. The number of aliphatic carboxylic acids is 1. The van der Waals surface area contributed by atoms with Crippen LogP contribution in [-0.2, 0) is 21.3 Å². The fourth-order valence-corrected chi connectivity index (χ4v) is 5.85. The van der Waals surface area contributed by atoms with Crippen LogP contribution >= 0.6 is 0 Å². The average Bonchev–Trinajstić information content (AvgIpc) is 3.60. The summed E-state index contributed by atoms with van der Waals surface area (Å²) in [5.74, 6) is -0.354. The molecule has 0 radical (unpaired) electrons. The molecule has 0 atom stereocenters. The van der Waals surface area contributed by atoms with Gasteiger partial charge in [-0.25, -0.2) is 9.78 Å². The van der Waals surface area contributed by atoms with E-state index in [1.807, 2.05) is 43.6 Å². The molecular weight excluding hydrogens is 512 g/mol. The van der Waals surface area contributed by atoms with Gasteiger partial charge in [0, 0.05) is 50.4 Å². The van der Waals surface area contributed by atoms with Crippen LogP contribution in [0, 0.1) is 0 Å². The van der Waals surface area contributed by atoms with Crippen LogP contribution in [0.2, 0.25) is 0 Å². The van der Waals surface area contributed by atoms with E-state index >= 15 is 0 Å². The zero-order valence-electron chi connectivity index (χ0n) is 22.6. The number of hydrogen-bond donors (Lipinski definition) is 2. The van der Waals surface area contributed by atoms with Crippen molar-refractivity contribution in [3.63, 3.8) is 0 Å². The molecule has 6 rings (SSSR count). The summed E-state index contributed by atoms with van der Waals surface area (Å²) in [5.41, 5.74) is 4.40. The van der Waals surface area contributed by atoms with Gasteiger partial charge in [0.15, 0.2) is 17.0 Å². The maximum Gasteiger partial charge on any atom is 0.335 e. The number of anilines is 1. The molecule has 0 bridgehead atoms. The number of methoxy groups -OCH3 is 1. The molecule has 1 saturated carbocycles. The molecule has 1 aliphatic heterocycles. The molecule has 1 aliphatic carbocycles. The van der Waals surface area contributed by atoms with Gasteiger partial charge in [-0.1, -0.05) is 24.3 Å². The standard InChI is InChI=1S/C29H32N6O5/c1-34-14-10-22(33-34)19-5-3-18(4-6-19)21-17-31-35-26(21)32-25(24-23(36)9-13-30-27(24)35)20-7-11-29(12-8-20,28(37)38)40-16-15-39-2/h3-6,10,14,17,20,30H,7-9,11-13,15-16H2,1-2H3,(H,37,38)/t20-,29-. The van der Waals surface area contributed by atoms with Gasteiger partial charge in [-0.3, -0.25) is 9.48 Å². The topological polar surface area (TPSA) is 133 Å². The Labute approximate surface area is 231 Å². The van der Waals surface area contributed by atoms with Crippen LogP contribution in [0.3, 0.4) is 0 Å². The van der Waals surface area contributed by atoms with E-state index < -0.39 is 11.6 Å². The first-order valence-corrected chi connectivity index (χ1v) is 13.6. The van der Waals surface area contributed by atoms with Crippen molar-refractivity contribution in [1.29, 1.82) is 0 Å². The van der Waals surface area contributed by atoms with Gasteiger partial charge in [0.1, 0.15) is 5.82 Å². The predicted molar refractivity (Wildman–Crippen MR) is 147 cm³/mol. The van der Waals surface area contributed by atoms with Crippen molar-refractivity contribution in [2.45, 2.75) is 43.6 Å². The quantitative estimate of drug-likeness (QED) is 0.317. The van der Waals surface area contributed by atoms with Crippen LogP contribution in [0.5, 0.6) is 0 Å². The lowest BCUT2D eigenvalue weighted by molar-refractivity contribution is -0.173. The molecule has 4 heterocycles. The number of aromatic nitrogens is 5. The van der Waals surface area contributed by atoms with E-state index in [1.54, 1.807) is 22.5 Å². The summed E-state index contributed by atoms with van der Waals surface area (Å²) < 4.78 is 14.4. The molecular formula is C29H32N6O5. The Hall–Kier alpha value is -4.09. The Morgan fingerprint density at radius 3 is 2.58 bits per heavy atom. The van der Waals surface area contributed by atoms with Crippen molar-refractivity contribution in [1.82, 2.24) is 24.4 Å². The molecule has 11 heteroatoms. The lowest BCUT2D eigenvalue weighted by Gasteiger charge is -2.37. The number of carboxylic acids is 1. The summed E-state index contributed by atoms with van der Waals surface area (Å²) in [6.07, 6.45) is 5.83. The number of carbonyl (C=O) groups excluding carboxylic acids is 1. The second-order valence-corrected chi connectivity index (χ2v) is 10.5. The average molecular weight is 545 g/mol. The van der Waals surface area contributed by atoms with E-state index in [1.165, 1.54) is 0 Å². The summed E-state index contributed by atoms with van der Waals surface area (Å²) in [5, 5.41) is 22.5. The lowest BCUT2D eigenvalue weighted by Crippen LogP contribution is -2.45. The van der Waals surface area contributed by atoms with Gasteiger partial charge < -0.3 is 19.9 Å². The number of ketones is 1. The first-order chi connectivity index (χ1) is 19.4. The van der Waals surface area contributed by atoms with Gasteiger partial charge >= 0.3 is 5.97 Å². The van der Waals surface area contributed by atoms with Crippen molar-refractivity contribution in [3.8, 4) is 22.4 Å². The van der Waals surface area contributed by atoms with Crippen LogP contribution in [-0.4, -0.2) is 73.7 Å². The van der Waals surface area contributed by atoms with Gasteiger partial charge in [-0.15, -0.1) is 0 Å². The minimum atomic E-state index is -1.25. The van der Waals surface area contributed by atoms with Crippen LogP contribution < -0.4 is 5.32 Å². The summed E-state index contributed by atoms with van der Waals surface area (Å²) in [6.45, 7) is 1.07. The summed E-state index contributed by atoms with van der Waals surface area (Å²) in [6, 6.07) is 10.1. The monoisotopic (exact) mass is 544 g/mol. The third-order valence-corrected chi connectivity index (χ3v) is 8.04. The smallest absolute Gasteiger partial charge is 0.335 e. The Bertz CT molecular complexity index is 1570. The van der Waals surface area contributed by atoms with E-state index in [0.29, 0.717) is 68.0 Å². The number of rotatable bonds is 8. The molecule has 2 aliphatic rings. The molecule has 40 heavy (non-hydrogen) atoms. The van der Waals surface area contributed by atoms with Gasteiger partial charge in [0.05, 0.1) is 36.4 Å². The van der Waals surface area contributed by atoms with Crippen molar-refractivity contribution in [2.24, 2.45) is 7.05 Å². The number of Topliss-reactive ketones (excluding diaryl/α,β-unsaturated/α-hetero) is 1. The van der Waals surface area contributed by atoms with E-state index in [2.05, 4.69) is 15.5 Å². The number of nitrogens with one attached hydrogen (secondary N) is 1. The van der Waals surface area contributed by atoms with E-state index in [9.17, 15) is 14.7 Å². The van der Waals surface area contributed by atoms with E-state index in [-0.39, 0.29) is 18.3 Å². The highest BCUT2D eigenvalue weighted by Gasteiger charge is 2.44. The highest BCUT2D eigenvalue weighted by molar-refractivity contribution is 6.04. The second kappa shape index (κ2) is 10.5. The van der Waals surface area contributed by atoms with E-state index in [4.69, 9.17) is 14.5 Å². The van der Waals surface area contributed by atoms with Crippen LogP contribution in [0.1, 0.15) is 54.1 Å². The molecule has 208 valence electrons. The first-order valence-electron chi connectivity index (χ1n) is 13.6. The zero-order valence-corrected chi connectivity index (χ0v) is 22.6. The van der Waals surface area contributed by atoms with Crippen LogP contribution in [0.15, 0.2) is 42.7 Å². The van der Waals surface area contributed by atoms with E-state index in [0.717, 1.165) is 22.4 Å². The number of fused-ring (bicyclic) bond motifs is 3. The van der Waals surface area contributed by atoms with Crippen molar-refractivity contribution in [2.75, 3.05) is 32.2 Å². The minimum Gasteiger partial charge on any atom is -0.479 e. The zero-order chi connectivity index (χ0) is 27.9. The minimum absolute atomic E-state index is 0.0290. The number of aryl methyl sites for hydroxylation is 1. The normalized spacial score (nSPS) is 20.9. The number of nitrogens with zero attached hydrogens (tertiary/aromatic N) is 5.